The zero-order chi connectivity index (χ0) is 13.2. The Kier molecular flexibility index (Phi) is 3.49. The van der Waals surface area contributed by atoms with Crippen LogP contribution in [0.4, 0.5) is 0 Å². The van der Waals surface area contributed by atoms with Gasteiger partial charge in [-0.1, -0.05) is 24.3 Å². The highest BCUT2D eigenvalue weighted by atomic mass is 32.2. The number of benzene rings is 1. The molecule has 1 aliphatic rings. The highest BCUT2D eigenvalue weighted by molar-refractivity contribution is 7.89. The summed E-state index contributed by atoms with van der Waals surface area (Å²) in [7, 11) is -3.74. The molecule has 0 fully saturated rings. The summed E-state index contributed by atoms with van der Waals surface area (Å²) < 4.78 is 26.0. The molecule has 0 radical (unpaired) electrons. The van der Waals surface area contributed by atoms with Gasteiger partial charge in [0.05, 0.1) is 10.5 Å². The van der Waals surface area contributed by atoms with E-state index in [1.54, 1.807) is 6.08 Å². The van der Waals surface area contributed by atoms with E-state index >= 15 is 0 Å². The summed E-state index contributed by atoms with van der Waals surface area (Å²) in [6, 6.07) is 5.67. The van der Waals surface area contributed by atoms with E-state index in [4.69, 9.17) is 5.11 Å². The largest absolute Gasteiger partial charge is 0.478 e. The molecule has 0 saturated heterocycles. The van der Waals surface area contributed by atoms with Crippen LogP contribution < -0.4 is 0 Å². The number of sulfonamides is 1. The molecule has 1 N–H and O–H groups in total. The van der Waals surface area contributed by atoms with E-state index in [0.717, 1.165) is 0 Å². The van der Waals surface area contributed by atoms with Gasteiger partial charge in [0.25, 0.3) is 0 Å². The molecule has 0 amide bonds. The van der Waals surface area contributed by atoms with Gasteiger partial charge in [0.2, 0.25) is 10.0 Å². The zero-order valence-electron chi connectivity index (χ0n) is 9.61. The molecule has 0 saturated carbocycles. The van der Waals surface area contributed by atoms with Crippen LogP contribution in [0.1, 0.15) is 16.8 Å². The average Bonchev–Trinajstić information content (AvgIpc) is 2.39. The predicted octanol–water partition coefficient (Wildman–Crippen LogP) is 1.34. The van der Waals surface area contributed by atoms with Gasteiger partial charge in [-0.25, -0.2) is 13.2 Å². The van der Waals surface area contributed by atoms with Crippen molar-refractivity contribution in [3.8, 4) is 0 Å². The summed E-state index contributed by atoms with van der Waals surface area (Å²) in [6.45, 7) is 0.670. The zero-order valence-corrected chi connectivity index (χ0v) is 10.4. The van der Waals surface area contributed by atoms with Crippen LogP contribution in [-0.4, -0.2) is 36.9 Å². The van der Waals surface area contributed by atoms with E-state index in [-0.39, 0.29) is 17.0 Å². The van der Waals surface area contributed by atoms with Crippen LogP contribution in [0.5, 0.6) is 0 Å². The fourth-order valence-electron chi connectivity index (χ4n) is 1.85. The molecule has 1 aromatic rings. The van der Waals surface area contributed by atoms with Crippen LogP contribution in [0.25, 0.3) is 0 Å². The Morgan fingerprint density at radius 3 is 2.56 bits per heavy atom. The van der Waals surface area contributed by atoms with Gasteiger partial charge in [-0.15, -0.1) is 0 Å². The van der Waals surface area contributed by atoms with Crippen molar-refractivity contribution >= 4 is 16.0 Å². The molecule has 0 aromatic heterocycles. The van der Waals surface area contributed by atoms with E-state index in [2.05, 4.69) is 0 Å². The van der Waals surface area contributed by atoms with Gasteiger partial charge >= 0.3 is 5.97 Å². The number of hydrogen-bond donors (Lipinski definition) is 1. The maximum Gasteiger partial charge on any atom is 0.337 e. The van der Waals surface area contributed by atoms with Crippen molar-refractivity contribution in [1.29, 1.82) is 0 Å². The second kappa shape index (κ2) is 4.91. The SMILES string of the molecule is O=C(O)c1ccccc1S(=O)(=O)N1CC=CCC1. The fraction of sp³-hybridized carbons (Fsp3) is 0.250. The Labute approximate surface area is 105 Å². The molecular weight excluding hydrogens is 254 g/mol. The molecular formula is C12H13NO4S. The monoisotopic (exact) mass is 267 g/mol. The predicted molar refractivity (Wildman–Crippen MR) is 65.9 cm³/mol. The van der Waals surface area contributed by atoms with Crippen LogP contribution in [-0.2, 0) is 10.0 Å². The lowest BCUT2D eigenvalue weighted by atomic mass is 10.2. The summed E-state index contributed by atoms with van der Waals surface area (Å²) in [6.07, 6.45) is 4.33. The average molecular weight is 267 g/mol. The number of rotatable bonds is 3. The van der Waals surface area contributed by atoms with Crippen molar-refractivity contribution < 1.29 is 18.3 Å². The second-order valence-corrected chi connectivity index (χ2v) is 5.83. The van der Waals surface area contributed by atoms with E-state index < -0.39 is 16.0 Å². The van der Waals surface area contributed by atoms with Crippen molar-refractivity contribution in [1.82, 2.24) is 4.31 Å². The lowest BCUT2D eigenvalue weighted by Gasteiger charge is -2.23. The number of carbonyl (C=O) groups is 1. The van der Waals surface area contributed by atoms with Crippen molar-refractivity contribution in [2.75, 3.05) is 13.1 Å². The Bertz CT molecular complexity index is 592. The highest BCUT2D eigenvalue weighted by Crippen LogP contribution is 2.21. The first-order chi connectivity index (χ1) is 8.53. The van der Waals surface area contributed by atoms with Crippen molar-refractivity contribution in [2.45, 2.75) is 11.3 Å². The molecule has 1 aromatic carbocycles. The number of carboxylic acids is 1. The Hall–Kier alpha value is -1.66. The minimum absolute atomic E-state index is 0.146. The van der Waals surface area contributed by atoms with Crippen LogP contribution in [0.2, 0.25) is 0 Å². The third-order valence-corrected chi connectivity index (χ3v) is 4.68. The molecule has 0 spiro atoms. The third kappa shape index (κ3) is 2.30. The Morgan fingerprint density at radius 2 is 1.94 bits per heavy atom. The summed E-state index contributed by atoms with van der Waals surface area (Å²) >= 11 is 0. The van der Waals surface area contributed by atoms with Crippen LogP contribution in [0.3, 0.4) is 0 Å². The first kappa shape index (κ1) is 12.8. The summed E-state index contributed by atoms with van der Waals surface area (Å²) in [5, 5.41) is 9.03. The van der Waals surface area contributed by atoms with Gasteiger partial charge in [0.1, 0.15) is 0 Å². The topological polar surface area (TPSA) is 74.7 Å². The van der Waals surface area contributed by atoms with Crippen LogP contribution >= 0.6 is 0 Å². The smallest absolute Gasteiger partial charge is 0.337 e. The second-order valence-electron chi connectivity index (χ2n) is 3.92. The van der Waals surface area contributed by atoms with E-state index in [0.29, 0.717) is 13.0 Å². The first-order valence-corrected chi connectivity index (χ1v) is 6.95. The number of nitrogens with zero attached hydrogens (tertiary/aromatic N) is 1. The molecule has 96 valence electrons. The van der Waals surface area contributed by atoms with Gasteiger partial charge in [0, 0.05) is 13.1 Å². The van der Waals surface area contributed by atoms with Gasteiger partial charge in [-0.05, 0) is 18.6 Å². The lowest BCUT2D eigenvalue weighted by Crippen LogP contribution is -2.34. The van der Waals surface area contributed by atoms with Crippen LogP contribution in [0, 0.1) is 0 Å². The van der Waals surface area contributed by atoms with Crippen LogP contribution in [0.15, 0.2) is 41.3 Å². The molecule has 6 heteroatoms. The third-order valence-electron chi connectivity index (χ3n) is 2.76. The summed E-state index contributed by atoms with van der Waals surface area (Å²) in [5.41, 5.74) is -0.188. The molecule has 0 unspecified atom stereocenters. The first-order valence-electron chi connectivity index (χ1n) is 5.51. The quantitative estimate of drug-likeness (QED) is 0.838. The van der Waals surface area contributed by atoms with Crippen molar-refractivity contribution in [3.63, 3.8) is 0 Å². The van der Waals surface area contributed by atoms with E-state index in [1.165, 1.54) is 28.6 Å². The Morgan fingerprint density at radius 1 is 1.22 bits per heavy atom. The molecule has 0 atom stereocenters. The standard InChI is InChI=1S/C12H13NO4S/c14-12(15)10-6-2-3-7-11(10)18(16,17)13-8-4-1-5-9-13/h1-4,6-7H,5,8-9H2,(H,14,15). The normalized spacial score (nSPS) is 16.7. The summed E-state index contributed by atoms with van der Waals surface area (Å²) in [4.78, 5) is 10.9. The number of carboxylic acid groups (broad SMARTS) is 1. The summed E-state index contributed by atoms with van der Waals surface area (Å²) in [5.74, 6) is -1.23. The maximum absolute atomic E-state index is 12.3. The molecule has 0 aliphatic carbocycles. The van der Waals surface area contributed by atoms with Gasteiger partial charge < -0.3 is 5.11 Å². The number of hydrogen-bond acceptors (Lipinski definition) is 3. The van der Waals surface area contributed by atoms with Crippen molar-refractivity contribution in [3.05, 3.63) is 42.0 Å². The van der Waals surface area contributed by atoms with Gasteiger partial charge in [-0.3, -0.25) is 0 Å². The Balaban J connectivity index is 2.47. The molecule has 1 aliphatic heterocycles. The van der Waals surface area contributed by atoms with Gasteiger partial charge in [-0.2, -0.15) is 4.31 Å². The van der Waals surface area contributed by atoms with E-state index in [1.807, 2.05) is 6.08 Å². The molecule has 1 heterocycles. The minimum Gasteiger partial charge on any atom is -0.478 e. The maximum atomic E-state index is 12.3. The van der Waals surface area contributed by atoms with Gasteiger partial charge in [0.15, 0.2) is 0 Å². The minimum atomic E-state index is -3.74. The molecule has 0 bridgehead atoms. The highest BCUT2D eigenvalue weighted by Gasteiger charge is 2.28. The molecule has 18 heavy (non-hydrogen) atoms. The van der Waals surface area contributed by atoms with Crippen molar-refractivity contribution in [2.24, 2.45) is 0 Å². The molecule has 5 nitrogen and oxygen atoms in total. The fourth-order valence-corrected chi connectivity index (χ4v) is 3.44. The van der Waals surface area contributed by atoms with E-state index in [9.17, 15) is 13.2 Å². The number of aromatic carboxylic acids is 1. The molecule has 2 rings (SSSR count). The lowest BCUT2D eigenvalue weighted by molar-refractivity contribution is 0.0692.